The number of carbonyl (C=O) groups excluding carboxylic acids is 4. The minimum Gasteiger partial charge on any atom is -0.340 e. The van der Waals surface area contributed by atoms with E-state index < -0.39 is 23.4 Å². The largest absolute Gasteiger partial charge is 0.340 e. The summed E-state index contributed by atoms with van der Waals surface area (Å²) < 4.78 is 0. The lowest BCUT2D eigenvalue weighted by Gasteiger charge is -2.22. The standard InChI is InChI=1S/C44H36N6O4/c51-39(29-9-3-1-4-10-29)43(53)49-23-7-13-37(49)41-45-33-21-19-31(25-35(33)47-41)27-15-17-28(18-16-27)32-20-22-34-36(26-32)48-42(46-34)38-14-8-24-50(38)44(54)40(52)30-11-5-2-6-12-30/h1-6,9-12,15-22,25-26,37-38H,7-8,13-14,23-24H2,(H,45,47)(H,46,48)/t37-,38+. The summed E-state index contributed by atoms with van der Waals surface area (Å²) in [5, 5.41) is 0. The van der Waals surface area contributed by atoms with Crippen LogP contribution in [0.4, 0.5) is 0 Å². The monoisotopic (exact) mass is 712 g/mol. The van der Waals surface area contributed by atoms with Crippen molar-refractivity contribution in [3.05, 3.63) is 144 Å². The van der Waals surface area contributed by atoms with E-state index in [1.807, 2.05) is 36.4 Å². The van der Waals surface area contributed by atoms with Crippen molar-refractivity contribution in [2.75, 3.05) is 13.1 Å². The van der Waals surface area contributed by atoms with E-state index in [9.17, 15) is 19.2 Å². The van der Waals surface area contributed by atoms with E-state index in [0.717, 1.165) is 70.0 Å². The maximum atomic E-state index is 13.2. The predicted octanol–water partition coefficient (Wildman–Crippen LogP) is 7.87. The number of hydrogen-bond acceptors (Lipinski definition) is 6. The second-order valence-corrected chi connectivity index (χ2v) is 14.0. The van der Waals surface area contributed by atoms with E-state index in [4.69, 9.17) is 9.97 Å². The Balaban J connectivity index is 0.912. The third kappa shape index (κ3) is 6.05. The molecule has 2 aliphatic heterocycles. The van der Waals surface area contributed by atoms with E-state index in [0.29, 0.717) is 35.9 Å². The molecule has 10 nitrogen and oxygen atoms in total. The molecule has 0 saturated carbocycles. The number of Topliss-reactive ketones (excluding diaryl/α,β-unsaturated/α-hetero) is 2. The quantitative estimate of drug-likeness (QED) is 0.122. The highest BCUT2D eigenvalue weighted by molar-refractivity contribution is 6.43. The Morgan fingerprint density at radius 3 is 1.30 bits per heavy atom. The number of ketones is 2. The van der Waals surface area contributed by atoms with Gasteiger partial charge in [0.1, 0.15) is 11.6 Å². The number of benzene rings is 5. The van der Waals surface area contributed by atoms with Crippen molar-refractivity contribution in [2.45, 2.75) is 37.8 Å². The van der Waals surface area contributed by atoms with Gasteiger partial charge in [0.05, 0.1) is 34.2 Å². The van der Waals surface area contributed by atoms with Crippen LogP contribution in [0.5, 0.6) is 0 Å². The van der Waals surface area contributed by atoms with Crippen molar-refractivity contribution in [3.8, 4) is 22.3 Å². The van der Waals surface area contributed by atoms with Crippen LogP contribution in [0.25, 0.3) is 44.3 Å². The number of aromatic nitrogens is 4. The molecular weight excluding hydrogens is 677 g/mol. The van der Waals surface area contributed by atoms with Gasteiger partial charge in [-0.2, -0.15) is 0 Å². The molecule has 2 N–H and O–H groups in total. The van der Waals surface area contributed by atoms with Gasteiger partial charge in [0, 0.05) is 24.2 Å². The Morgan fingerprint density at radius 1 is 0.500 bits per heavy atom. The molecule has 2 amide bonds. The number of likely N-dealkylation sites (tertiary alicyclic amines) is 2. The van der Waals surface area contributed by atoms with Crippen molar-refractivity contribution in [1.82, 2.24) is 29.7 Å². The molecule has 4 heterocycles. The summed E-state index contributed by atoms with van der Waals surface area (Å²) in [4.78, 5) is 72.2. The Bertz CT molecular complexity index is 2380. The van der Waals surface area contributed by atoms with Gasteiger partial charge in [-0.15, -0.1) is 0 Å². The van der Waals surface area contributed by atoms with Crippen LogP contribution in [-0.4, -0.2) is 66.2 Å². The number of carbonyl (C=O) groups is 4. The molecule has 2 aromatic heterocycles. The summed E-state index contributed by atoms with van der Waals surface area (Å²) in [6.07, 6.45) is 3.09. The number of imidazole rings is 2. The molecular formula is C44H36N6O4. The molecule has 2 fully saturated rings. The number of nitrogens with zero attached hydrogens (tertiary/aromatic N) is 4. The third-order valence-electron chi connectivity index (χ3n) is 10.7. The minimum atomic E-state index is -0.499. The molecule has 2 aliphatic rings. The number of H-pyrrole nitrogens is 2. The number of hydrogen-bond donors (Lipinski definition) is 2. The van der Waals surface area contributed by atoms with Gasteiger partial charge in [-0.1, -0.05) is 97.1 Å². The summed E-state index contributed by atoms with van der Waals surface area (Å²) in [6.45, 7) is 1.03. The first-order valence-corrected chi connectivity index (χ1v) is 18.3. The van der Waals surface area contributed by atoms with Gasteiger partial charge in [0.25, 0.3) is 11.8 Å². The SMILES string of the molecule is O=C(C(=O)N1CCC[C@@H]1c1nc2ccc(-c3ccc(-c4ccc5nc([C@@H]6CCCN6C(=O)C(=O)c6ccccc6)[nH]c5c4)cc3)cc2[nH]1)c1ccccc1. The van der Waals surface area contributed by atoms with Crippen LogP contribution in [-0.2, 0) is 9.59 Å². The first kappa shape index (κ1) is 33.2. The zero-order valence-electron chi connectivity index (χ0n) is 29.4. The number of aromatic amines is 2. The normalized spacial score (nSPS) is 17.0. The Morgan fingerprint density at radius 2 is 0.889 bits per heavy atom. The Kier molecular flexibility index (Phi) is 8.42. The lowest BCUT2D eigenvalue weighted by atomic mass is 10.00. The van der Waals surface area contributed by atoms with Gasteiger partial charge >= 0.3 is 0 Å². The zero-order chi connectivity index (χ0) is 36.8. The van der Waals surface area contributed by atoms with Crippen LogP contribution >= 0.6 is 0 Å². The lowest BCUT2D eigenvalue weighted by Crippen LogP contribution is -2.36. The topological polar surface area (TPSA) is 132 Å². The molecule has 0 spiro atoms. The van der Waals surface area contributed by atoms with E-state index in [2.05, 4.69) is 46.4 Å². The van der Waals surface area contributed by atoms with Crippen LogP contribution in [0.3, 0.4) is 0 Å². The summed E-state index contributed by atoms with van der Waals surface area (Å²) in [7, 11) is 0. The molecule has 7 aromatic rings. The molecule has 9 rings (SSSR count). The highest BCUT2D eigenvalue weighted by atomic mass is 16.2. The van der Waals surface area contributed by atoms with Gasteiger partial charge in [-0.3, -0.25) is 19.2 Å². The second-order valence-electron chi connectivity index (χ2n) is 14.0. The molecule has 266 valence electrons. The number of fused-ring (bicyclic) bond motifs is 2. The van der Waals surface area contributed by atoms with E-state index in [1.165, 1.54) is 0 Å². The van der Waals surface area contributed by atoms with Gasteiger partial charge < -0.3 is 19.8 Å². The molecule has 54 heavy (non-hydrogen) atoms. The maximum Gasteiger partial charge on any atom is 0.295 e. The van der Waals surface area contributed by atoms with Crippen LogP contribution in [0.2, 0.25) is 0 Å². The van der Waals surface area contributed by atoms with Crippen molar-refractivity contribution >= 4 is 45.4 Å². The summed E-state index contributed by atoms with van der Waals surface area (Å²) in [6, 6.07) is 37.4. The van der Waals surface area contributed by atoms with Gasteiger partial charge in [-0.05, 0) is 72.2 Å². The average Bonchev–Trinajstić information content (AvgIpc) is 4.05. The van der Waals surface area contributed by atoms with Gasteiger partial charge in [0.15, 0.2) is 0 Å². The molecule has 0 unspecified atom stereocenters. The van der Waals surface area contributed by atoms with E-state index in [-0.39, 0.29) is 12.1 Å². The van der Waals surface area contributed by atoms with Crippen LogP contribution in [0.1, 0.15) is 70.1 Å². The highest BCUT2D eigenvalue weighted by Crippen LogP contribution is 2.35. The number of amides is 2. The molecule has 5 aromatic carbocycles. The minimum absolute atomic E-state index is 0.285. The van der Waals surface area contributed by atoms with Crippen molar-refractivity contribution < 1.29 is 19.2 Å². The third-order valence-corrected chi connectivity index (χ3v) is 10.7. The Hall–Kier alpha value is -6.68. The molecule has 0 radical (unpaired) electrons. The van der Waals surface area contributed by atoms with Crippen molar-refractivity contribution in [1.29, 1.82) is 0 Å². The first-order chi connectivity index (χ1) is 26.4. The summed E-state index contributed by atoms with van der Waals surface area (Å²) in [5.74, 6) is -0.618. The maximum absolute atomic E-state index is 13.2. The van der Waals surface area contributed by atoms with Gasteiger partial charge in [-0.25, -0.2) is 9.97 Å². The summed E-state index contributed by atoms with van der Waals surface area (Å²) in [5.41, 5.74) is 8.27. The second kappa shape index (κ2) is 13.7. The fourth-order valence-corrected chi connectivity index (χ4v) is 7.86. The predicted molar refractivity (Wildman–Crippen MR) is 206 cm³/mol. The molecule has 2 atom stereocenters. The van der Waals surface area contributed by atoms with Crippen LogP contribution < -0.4 is 0 Å². The zero-order valence-corrected chi connectivity index (χ0v) is 29.4. The molecule has 0 aliphatic carbocycles. The van der Waals surface area contributed by atoms with Crippen molar-refractivity contribution in [3.63, 3.8) is 0 Å². The molecule has 2 saturated heterocycles. The number of rotatable bonds is 8. The average molecular weight is 713 g/mol. The van der Waals surface area contributed by atoms with Crippen molar-refractivity contribution in [2.24, 2.45) is 0 Å². The molecule has 10 heteroatoms. The first-order valence-electron chi connectivity index (χ1n) is 18.3. The fraction of sp³-hybridized carbons (Fsp3) is 0.182. The summed E-state index contributed by atoms with van der Waals surface area (Å²) >= 11 is 0. The van der Waals surface area contributed by atoms with E-state index in [1.54, 1.807) is 58.3 Å². The van der Waals surface area contributed by atoms with Gasteiger partial charge in [0.2, 0.25) is 11.6 Å². The molecule has 0 bridgehead atoms. The Labute approximate surface area is 310 Å². The fourth-order valence-electron chi connectivity index (χ4n) is 7.86. The number of nitrogens with one attached hydrogen (secondary N) is 2. The smallest absolute Gasteiger partial charge is 0.295 e. The lowest BCUT2D eigenvalue weighted by molar-refractivity contribution is -0.128. The highest BCUT2D eigenvalue weighted by Gasteiger charge is 2.37. The van der Waals surface area contributed by atoms with Crippen LogP contribution in [0, 0.1) is 0 Å². The van der Waals surface area contributed by atoms with E-state index >= 15 is 0 Å². The van der Waals surface area contributed by atoms with Crippen LogP contribution in [0.15, 0.2) is 121 Å².